The summed E-state index contributed by atoms with van der Waals surface area (Å²) in [6, 6.07) is 7.94. The molecule has 0 unspecified atom stereocenters. The summed E-state index contributed by atoms with van der Waals surface area (Å²) in [5.74, 6) is 0.130. The molecule has 0 aromatic carbocycles. The summed E-state index contributed by atoms with van der Waals surface area (Å²) in [7, 11) is 0. The Morgan fingerprint density at radius 1 is 1.42 bits per heavy atom. The van der Waals surface area contributed by atoms with Crippen molar-refractivity contribution >= 4 is 17.2 Å². The monoisotopic (exact) mass is 273 g/mol. The van der Waals surface area contributed by atoms with Crippen LogP contribution in [0.25, 0.3) is 0 Å². The lowest BCUT2D eigenvalue weighted by Gasteiger charge is -2.33. The van der Waals surface area contributed by atoms with E-state index in [0.717, 1.165) is 23.5 Å². The van der Waals surface area contributed by atoms with Crippen LogP contribution >= 0.6 is 11.3 Å². The fourth-order valence-electron chi connectivity index (χ4n) is 2.30. The van der Waals surface area contributed by atoms with Gasteiger partial charge in [-0.15, -0.1) is 11.3 Å². The van der Waals surface area contributed by atoms with Crippen molar-refractivity contribution in [2.45, 2.75) is 6.04 Å². The van der Waals surface area contributed by atoms with Crippen molar-refractivity contribution < 1.29 is 4.79 Å². The van der Waals surface area contributed by atoms with Crippen LogP contribution in [0, 0.1) is 0 Å². The van der Waals surface area contributed by atoms with Crippen molar-refractivity contribution in [3.63, 3.8) is 0 Å². The number of amides is 1. The predicted molar refractivity (Wildman–Crippen MR) is 75.2 cm³/mol. The summed E-state index contributed by atoms with van der Waals surface area (Å²) in [5.41, 5.74) is 1.13. The van der Waals surface area contributed by atoms with E-state index < -0.39 is 0 Å². The average molecular weight is 273 g/mol. The molecule has 98 valence electrons. The largest absolute Gasteiger partial charge is 0.335 e. The van der Waals surface area contributed by atoms with E-state index >= 15 is 0 Å². The molecule has 1 saturated heterocycles. The minimum Gasteiger partial charge on any atom is -0.335 e. The zero-order valence-corrected chi connectivity index (χ0v) is 11.3. The minimum atomic E-state index is 0.130. The zero-order valence-electron chi connectivity index (χ0n) is 10.5. The topological polar surface area (TPSA) is 45.2 Å². The molecule has 2 aromatic heterocycles. The van der Waals surface area contributed by atoms with Gasteiger partial charge in [-0.1, -0.05) is 12.1 Å². The van der Waals surface area contributed by atoms with Crippen molar-refractivity contribution in [3.05, 3.63) is 52.5 Å². The molecular weight excluding hydrogens is 258 g/mol. The predicted octanol–water partition coefficient (Wildman–Crippen LogP) is 1.93. The standard InChI is InChI=1S/C14H15N3OS/c18-14(13-4-2-8-19-13)17-7-6-16-12(10-17)11-3-1-5-15-9-11/h1-5,8-9,12,16H,6-7,10H2/t12-/m0/s1. The van der Waals surface area contributed by atoms with Crippen LogP contribution in [0.5, 0.6) is 0 Å². The molecule has 4 nitrogen and oxygen atoms in total. The fourth-order valence-corrected chi connectivity index (χ4v) is 2.99. The van der Waals surface area contributed by atoms with Crippen molar-refractivity contribution in [2.24, 2.45) is 0 Å². The van der Waals surface area contributed by atoms with Crippen LogP contribution < -0.4 is 5.32 Å². The van der Waals surface area contributed by atoms with Gasteiger partial charge >= 0.3 is 0 Å². The first-order chi connectivity index (χ1) is 9.34. The summed E-state index contributed by atoms with van der Waals surface area (Å²) in [5, 5.41) is 5.37. The Kier molecular flexibility index (Phi) is 3.57. The Morgan fingerprint density at radius 3 is 3.11 bits per heavy atom. The lowest BCUT2D eigenvalue weighted by molar-refractivity contribution is 0.0708. The molecule has 0 spiro atoms. The number of rotatable bonds is 2. The molecule has 1 aliphatic rings. The second-order valence-corrected chi connectivity index (χ2v) is 5.47. The number of hydrogen-bond donors (Lipinski definition) is 1. The number of hydrogen-bond acceptors (Lipinski definition) is 4. The van der Waals surface area contributed by atoms with Gasteiger partial charge in [-0.05, 0) is 23.1 Å². The highest BCUT2D eigenvalue weighted by molar-refractivity contribution is 7.12. The van der Waals surface area contributed by atoms with E-state index in [2.05, 4.69) is 10.3 Å². The molecule has 1 amide bonds. The van der Waals surface area contributed by atoms with Gasteiger partial charge in [-0.3, -0.25) is 9.78 Å². The molecule has 1 atom stereocenters. The van der Waals surface area contributed by atoms with Gasteiger partial charge in [0.15, 0.2) is 0 Å². The summed E-state index contributed by atoms with van der Waals surface area (Å²) in [6.45, 7) is 2.27. The second-order valence-electron chi connectivity index (χ2n) is 4.52. The van der Waals surface area contributed by atoms with E-state index in [1.54, 1.807) is 6.20 Å². The van der Waals surface area contributed by atoms with E-state index in [-0.39, 0.29) is 11.9 Å². The number of piperazine rings is 1. The highest BCUT2D eigenvalue weighted by Gasteiger charge is 2.25. The molecule has 1 N–H and O–H groups in total. The van der Waals surface area contributed by atoms with Crippen LogP contribution in [-0.4, -0.2) is 35.4 Å². The maximum absolute atomic E-state index is 12.3. The first kappa shape index (κ1) is 12.3. The molecule has 1 aliphatic heterocycles. The van der Waals surface area contributed by atoms with E-state index in [9.17, 15) is 4.79 Å². The molecule has 5 heteroatoms. The number of aromatic nitrogens is 1. The van der Waals surface area contributed by atoms with Gasteiger partial charge in [0.25, 0.3) is 5.91 Å². The van der Waals surface area contributed by atoms with Gasteiger partial charge in [-0.25, -0.2) is 0 Å². The van der Waals surface area contributed by atoms with Crippen molar-refractivity contribution in [1.82, 2.24) is 15.2 Å². The number of nitrogens with zero attached hydrogens (tertiary/aromatic N) is 2. The van der Waals surface area contributed by atoms with Crippen LogP contribution in [0.2, 0.25) is 0 Å². The normalized spacial score (nSPS) is 19.4. The van der Waals surface area contributed by atoms with Gasteiger partial charge in [0.2, 0.25) is 0 Å². The molecule has 0 aliphatic carbocycles. The highest BCUT2D eigenvalue weighted by Crippen LogP contribution is 2.19. The van der Waals surface area contributed by atoms with Crippen LogP contribution in [0.1, 0.15) is 21.3 Å². The maximum Gasteiger partial charge on any atom is 0.264 e. The third-order valence-electron chi connectivity index (χ3n) is 3.28. The number of pyridine rings is 1. The zero-order chi connectivity index (χ0) is 13.1. The number of nitrogens with one attached hydrogen (secondary N) is 1. The molecule has 0 saturated carbocycles. The fraction of sp³-hybridized carbons (Fsp3) is 0.286. The SMILES string of the molecule is O=C(c1cccs1)N1CCN[C@H](c2cccnc2)C1. The molecule has 0 radical (unpaired) electrons. The second kappa shape index (κ2) is 5.50. The van der Waals surface area contributed by atoms with Crippen LogP contribution in [-0.2, 0) is 0 Å². The van der Waals surface area contributed by atoms with E-state index in [4.69, 9.17) is 0 Å². The summed E-state index contributed by atoms with van der Waals surface area (Å²) < 4.78 is 0. The third kappa shape index (κ3) is 2.67. The summed E-state index contributed by atoms with van der Waals surface area (Å²) >= 11 is 1.50. The van der Waals surface area contributed by atoms with Crippen molar-refractivity contribution in [3.8, 4) is 0 Å². The summed E-state index contributed by atoms with van der Waals surface area (Å²) in [6.07, 6.45) is 3.62. The van der Waals surface area contributed by atoms with E-state index in [0.29, 0.717) is 6.54 Å². The molecule has 0 bridgehead atoms. The van der Waals surface area contributed by atoms with Crippen LogP contribution in [0.15, 0.2) is 42.0 Å². The molecular formula is C14H15N3OS. The molecule has 1 fully saturated rings. The molecule has 3 heterocycles. The first-order valence-electron chi connectivity index (χ1n) is 6.30. The number of thiophene rings is 1. The molecule has 3 rings (SSSR count). The molecule has 2 aromatic rings. The van der Waals surface area contributed by atoms with Gasteiger partial charge in [-0.2, -0.15) is 0 Å². The van der Waals surface area contributed by atoms with Gasteiger partial charge < -0.3 is 10.2 Å². The quantitative estimate of drug-likeness (QED) is 0.909. The lowest BCUT2D eigenvalue weighted by atomic mass is 10.1. The lowest BCUT2D eigenvalue weighted by Crippen LogP contribution is -2.48. The van der Waals surface area contributed by atoms with Gasteiger partial charge in [0.05, 0.1) is 10.9 Å². The van der Waals surface area contributed by atoms with Gasteiger partial charge in [0, 0.05) is 32.0 Å². The van der Waals surface area contributed by atoms with Crippen LogP contribution in [0.4, 0.5) is 0 Å². The Labute approximate surface area is 116 Å². The van der Waals surface area contributed by atoms with Crippen molar-refractivity contribution in [1.29, 1.82) is 0 Å². The average Bonchev–Trinajstić information content (AvgIpc) is 3.02. The number of carbonyl (C=O) groups is 1. The maximum atomic E-state index is 12.3. The Hall–Kier alpha value is -1.72. The first-order valence-corrected chi connectivity index (χ1v) is 7.18. The van der Waals surface area contributed by atoms with Gasteiger partial charge in [0.1, 0.15) is 0 Å². The van der Waals surface area contributed by atoms with Crippen molar-refractivity contribution in [2.75, 3.05) is 19.6 Å². The highest BCUT2D eigenvalue weighted by atomic mass is 32.1. The third-order valence-corrected chi connectivity index (χ3v) is 4.14. The Bertz CT molecular complexity index is 541. The molecule has 19 heavy (non-hydrogen) atoms. The Balaban J connectivity index is 1.73. The van der Waals surface area contributed by atoms with E-state index in [1.807, 2.05) is 40.7 Å². The van der Waals surface area contributed by atoms with Crippen LogP contribution in [0.3, 0.4) is 0 Å². The summed E-state index contributed by atoms with van der Waals surface area (Å²) in [4.78, 5) is 19.2. The number of carbonyl (C=O) groups excluding carboxylic acids is 1. The van der Waals surface area contributed by atoms with E-state index in [1.165, 1.54) is 11.3 Å². The minimum absolute atomic E-state index is 0.130. The smallest absolute Gasteiger partial charge is 0.264 e. The Morgan fingerprint density at radius 2 is 2.37 bits per heavy atom.